The van der Waals surface area contributed by atoms with Crippen LogP contribution in [0.25, 0.3) is 0 Å². The van der Waals surface area contributed by atoms with Gasteiger partial charge in [0.15, 0.2) is 0 Å². The molecular formula is C39H52N2Ni. The molecule has 42 heavy (non-hydrogen) atoms. The number of nitrogens with zero attached hydrogens (tertiary/aromatic N) is 2. The van der Waals surface area contributed by atoms with Crippen molar-refractivity contribution >= 4 is 22.8 Å². The number of rotatable bonds is 17. The SMILES string of the molecule is CCC#Cc1cccc(N=C(C=CCCCCCCCCCCCCC)C(CC)=Nc2cccc(C#CCC)c2)c1.[Ni]. The fourth-order valence-corrected chi connectivity index (χ4v) is 4.62. The first kappa shape index (κ1) is 37.2. The predicted octanol–water partition coefficient (Wildman–Crippen LogP) is 11.7. The number of aliphatic imine (C=N–C) groups is 2. The Kier molecular flexibility index (Phi) is 21.9. The molecule has 0 aliphatic carbocycles. The van der Waals surface area contributed by atoms with E-state index in [0.29, 0.717) is 0 Å². The van der Waals surface area contributed by atoms with E-state index >= 15 is 0 Å². The molecule has 0 radical (unpaired) electrons. The van der Waals surface area contributed by atoms with Crippen LogP contribution in [0.15, 0.2) is 70.7 Å². The van der Waals surface area contributed by atoms with Crippen LogP contribution in [0.1, 0.15) is 135 Å². The predicted molar refractivity (Wildman–Crippen MR) is 182 cm³/mol. The van der Waals surface area contributed by atoms with Gasteiger partial charge in [0.2, 0.25) is 0 Å². The zero-order chi connectivity index (χ0) is 29.4. The Labute approximate surface area is 267 Å². The molecule has 0 unspecified atom stereocenters. The van der Waals surface area contributed by atoms with E-state index in [1.165, 1.54) is 70.6 Å². The van der Waals surface area contributed by atoms with Crippen molar-refractivity contribution in [2.45, 2.75) is 124 Å². The van der Waals surface area contributed by atoms with E-state index in [2.05, 4.69) is 75.7 Å². The molecule has 0 amide bonds. The standard InChI is InChI=1S/C39H52N2.Ni/c1-5-9-12-13-14-15-16-17-18-19-20-21-22-31-39(41-37-30-24-28-35(33-37)26-11-7-3)38(8-4)40-36-29-23-27-34(32-36)25-10-6-2;/h22-24,27-33H,5-9,12-21H2,1-4H3;. The Hall–Kier alpha value is -2.87. The van der Waals surface area contributed by atoms with Gasteiger partial charge in [0, 0.05) is 40.5 Å². The van der Waals surface area contributed by atoms with Gasteiger partial charge in [-0.3, -0.25) is 4.99 Å². The van der Waals surface area contributed by atoms with Crippen LogP contribution in [0.5, 0.6) is 0 Å². The average molecular weight is 608 g/mol. The van der Waals surface area contributed by atoms with Gasteiger partial charge in [0.25, 0.3) is 0 Å². The summed E-state index contributed by atoms with van der Waals surface area (Å²) in [5, 5.41) is 0. The van der Waals surface area contributed by atoms with Crippen LogP contribution in [0.4, 0.5) is 11.4 Å². The first-order valence-corrected chi connectivity index (χ1v) is 16.2. The minimum absolute atomic E-state index is 0. The second kappa shape index (κ2) is 24.7. The fraction of sp³-hybridized carbons (Fsp3) is 0.487. The molecule has 0 N–H and O–H groups in total. The van der Waals surface area contributed by atoms with Gasteiger partial charge in [-0.1, -0.05) is 134 Å². The largest absolute Gasteiger partial charge is 0.251 e. The molecule has 0 fully saturated rings. The maximum atomic E-state index is 5.06. The average Bonchev–Trinajstić information content (AvgIpc) is 3.00. The van der Waals surface area contributed by atoms with E-state index in [-0.39, 0.29) is 16.5 Å². The molecule has 2 aromatic carbocycles. The summed E-state index contributed by atoms with van der Waals surface area (Å²) in [6.07, 6.45) is 23.0. The molecule has 0 saturated carbocycles. The van der Waals surface area contributed by atoms with Crippen LogP contribution in [0, 0.1) is 23.7 Å². The van der Waals surface area contributed by atoms with Crippen molar-refractivity contribution in [1.29, 1.82) is 0 Å². The van der Waals surface area contributed by atoms with Crippen LogP contribution in [0.3, 0.4) is 0 Å². The Morgan fingerprint density at radius 3 is 1.64 bits per heavy atom. The van der Waals surface area contributed by atoms with Gasteiger partial charge in [0.05, 0.1) is 22.8 Å². The molecule has 0 aliphatic heterocycles. The van der Waals surface area contributed by atoms with E-state index in [9.17, 15) is 0 Å². The van der Waals surface area contributed by atoms with Crippen LogP contribution < -0.4 is 0 Å². The van der Waals surface area contributed by atoms with Crippen LogP contribution >= 0.6 is 0 Å². The third kappa shape index (κ3) is 16.5. The van der Waals surface area contributed by atoms with Crippen LogP contribution in [0.2, 0.25) is 0 Å². The van der Waals surface area contributed by atoms with Gasteiger partial charge >= 0.3 is 0 Å². The van der Waals surface area contributed by atoms with Crippen LogP contribution in [-0.2, 0) is 16.5 Å². The van der Waals surface area contributed by atoms with Crippen molar-refractivity contribution in [3.63, 3.8) is 0 Å². The molecule has 0 heterocycles. The fourth-order valence-electron chi connectivity index (χ4n) is 4.62. The Balaban J connectivity index is 0.00000882. The molecule has 0 aromatic heterocycles. The van der Waals surface area contributed by atoms with E-state index in [0.717, 1.165) is 59.6 Å². The zero-order valence-electron chi connectivity index (χ0n) is 26.6. The summed E-state index contributed by atoms with van der Waals surface area (Å²) in [5.41, 5.74) is 5.71. The topological polar surface area (TPSA) is 24.7 Å². The van der Waals surface area contributed by atoms with Crippen LogP contribution in [-0.4, -0.2) is 11.4 Å². The molecule has 228 valence electrons. The summed E-state index contributed by atoms with van der Waals surface area (Å²) < 4.78 is 0. The van der Waals surface area contributed by atoms with Gasteiger partial charge in [-0.25, -0.2) is 4.99 Å². The van der Waals surface area contributed by atoms with Crippen molar-refractivity contribution < 1.29 is 16.5 Å². The Bertz CT molecular complexity index is 1230. The summed E-state index contributed by atoms with van der Waals surface area (Å²) in [6.45, 7) is 8.57. The van der Waals surface area contributed by atoms with E-state index in [1.54, 1.807) is 0 Å². The molecule has 2 rings (SSSR count). The summed E-state index contributed by atoms with van der Waals surface area (Å²) in [7, 11) is 0. The summed E-state index contributed by atoms with van der Waals surface area (Å²) in [6, 6.07) is 16.4. The van der Waals surface area contributed by atoms with Crippen molar-refractivity contribution in [2.75, 3.05) is 0 Å². The molecule has 2 aromatic rings. The summed E-state index contributed by atoms with van der Waals surface area (Å²) >= 11 is 0. The molecule has 0 spiro atoms. The molecule has 3 heteroatoms. The van der Waals surface area contributed by atoms with Crippen molar-refractivity contribution in [3.8, 4) is 23.7 Å². The van der Waals surface area contributed by atoms with Crippen molar-refractivity contribution in [1.82, 2.24) is 0 Å². The smallest absolute Gasteiger partial charge is 0.0848 e. The van der Waals surface area contributed by atoms with Crippen molar-refractivity contribution in [2.24, 2.45) is 9.98 Å². The first-order chi connectivity index (χ1) is 20.2. The maximum Gasteiger partial charge on any atom is 0.0848 e. The summed E-state index contributed by atoms with van der Waals surface area (Å²) in [4.78, 5) is 10.1. The minimum atomic E-state index is 0. The number of hydrogen-bond donors (Lipinski definition) is 0. The van der Waals surface area contributed by atoms with Gasteiger partial charge in [-0.05, 0) is 61.7 Å². The monoisotopic (exact) mass is 606 g/mol. The normalized spacial score (nSPS) is 11.4. The maximum absolute atomic E-state index is 5.06. The molecule has 0 saturated heterocycles. The Morgan fingerprint density at radius 1 is 0.643 bits per heavy atom. The number of unbranched alkanes of at least 4 members (excludes halogenated alkanes) is 11. The van der Waals surface area contributed by atoms with E-state index < -0.39 is 0 Å². The third-order valence-corrected chi connectivity index (χ3v) is 6.91. The molecule has 0 atom stereocenters. The minimum Gasteiger partial charge on any atom is -0.251 e. The van der Waals surface area contributed by atoms with Crippen molar-refractivity contribution in [3.05, 3.63) is 71.8 Å². The summed E-state index contributed by atoms with van der Waals surface area (Å²) in [5.74, 6) is 12.8. The van der Waals surface area contributed by atoms with Gasteiger partial charge in [0.1, 0.15) is 0 Å². The molecule has 2 nitrogen and oxygen atoms in total. The third-order valence-electron chi connectivity index (χ3n) is 6.91. The number of benzene rings is 2. The van der Waals surface area contributed by atoms with E-state index in [1.807, 2.05) is 36.4 Å². The molecule has 0 bridgehead atoms. The number of allylic oxidation sites excluding steroid dienone is 2. The molecular weight excluding hydrogens is 555 g/mol. The van der Waals surface area contributed by atoms with Gasteiger partial charge in [-0.15, -0.1) is 0 Å². The van der Waals surface area contributed by atoms with E-state index in [4.69, 9.17) is 9.98 Å². The molecule has 0 aliphatic rings. The van der Waals surface area contributed by atoms with Gasteiger partial charge in [-0.2, -0.15) is 0 Å². The second-order valence-electron chi connectivity index (χ2n) is 10.5. The second-order valence-corrected chi connectivity index (χ2v) is 10.5. The zero-order valence-corrected chi connectivity index (χ0v) is 27.6. The Morgan fingerprint density at radius 2 is 1.14 bits per heavy atom. The number of hydrogen-bond acceptors (Lipinski definition) is 2. The van der Waals surface area contributed by atoms with Gasteiger partial charge < -0.3 is 0 Å². The first-order valence-electron chi connectivity index (χ1n) is 16.2. The quantitative estimate of drug-likeness (QED) is 0.0740.